The lowest BCUT2D eigenvalue weighted by Gasteiger charge is -2.37. The normalized spacial score (nSPS) is 31.5. The van der Waals surface area contributed by atoms with Crippen LogP contribution >= 0.6 is 0 Å². The Labute approximate surface area is 148 Å². The highest BCUT2D eigenvalue weighted by Gasteiger charge is 2.76. The highest BCUT2D eigenvalue weighted by atomic mass is 19.4. The maximum absolute atomic E-state index is 13.0. The van der Waals surface area contributed by atoms with Crippen molar-refractivity contribution in [1.82, 2.24) is 0 Å². The van der Waals surface area contributed by atoms with Gasteiger partial charge in [0, 0.05) is 11.1 Å². The monoisotopic (exact) mass is 368 g/mol. The Morgan fingerprint density at radius 2 is 1.88 bits per heavy atom. The molecule has 2 aliphatic rings. The molecule has 8 heteroatoms. The van der Waals surface area contributed by atoms with Crippen LogP contribution in [0.5, 0.6) is 0 Å². The zero-order chi connectivity index (χ0) is 19.5. The Bertz CT molecular complexity index is 831. The maximum atomic E-state index is 13.0. The summed E-state index contributed by atoms with van der Waals surface area (Å²) in [6.07, 6.45) is -3.82. The van der Waals surface area contributed by atoms with E-state index in [1.54, 1.807) is 20.8 Å². The molecule has 140 valence electrons. The number of halogens is 3. The SMILES string of the molecule is CC12CCC(C(=O)Nc3cccc(C(F)(F)F)c3)(C(=O)/C1=N\O)C2(C)C. The molecule has 5 nitrogen and oxygen atoms in total. The number of amides is 1. The van der Waals surface area contributed by atoms with Crippen LogP contribution in [0.1, 0.15) is 39.2 Å². The number of rotatable bonds is 2. The lowest BCUT2D eigenvalue weighted by Crippen LogP contribution is -2.47. The van der Waals surface area contributed by atoms with Crippen LogP contribution in [0, 0.1) is 16.2 Å². The van der Waals surface area contributed by atoms with Crippen molar-refractivity contribution in [3.63, 3.8) is 0 Å². The van der Waals surface area contributed by atoms with E-state index >= 15 is 0 Å². The minimum absolute atomic E-state index is 0.0363. The molecule has 2 atom stereocenters. The topological polar surface area (TPSA) is 78.8 Å². The number of nitrogens with zero attached hydrogens (tertiary/aromatic N) is 1. The molecule has 1 aromatic carbocycles. The van der Waals surface area contributed by atoms with Gasteiger partial charge in [-0.05, 0) is 36.5 Å². The first-order valence-electron chi connectivity index (χ1n) is 8.18. The summed E-state index contributed by atoms with van der Waals surface area (Å²) in [6.45, 7) is 5.27. The number of Topliss-reactive ketones (excluding diaryl/α,β-unsaturated/α-hetero) is 1. The third-order valence-corrected chi connectivity index (χ3v) is 6.51. The summed E-state index contributed by atoms with van der Waals surface area (Å²) in [5, 5.41) is 14.9. The molecule has 2 N–H and O–H groups in total. The fourth-order valence-corrected chi connectivity index (χ4v) is 4.47. The molecule has 0 saturated heterocycles. The van der Waals surface area contributed by atoms with E-state index in [1.165, 1.54) is 12.1 Å². The number of oxime groups is 1. The summed E-state index contributed by atoms with van der Waals surface area (Å²) < 4.78 is 38.6. The summed E-state index contributed by atoms with van der Waals surface area (Å²) in [7, 11) is 0. The van der Waals surface area contributed by atoms with Crippen molar-refractivity contribution in [3.8, 4) is 0 Å². The first kappa shape index (κ1) is 18.4. The number of carbonyl (C=O) groups is 2. The highest BCUT2D eigenvalue weighted by Crippen LogP contribution is 2.69. The minimum Gasteiger partial charge on any atom is -0.411 e. The standard InChI is InChI=1S/C18H19F3N2O3/c1-15(2)16(3)7-8-17(15,13(24)12(16)23-26)14(25)22-11-6-4-5-10(9-11)18(19,20)21/h4-6,9,26H,7-8H2,1-3H3,(H,22,25)/b23-12+. The Morgan fingerprint density at radius 3 is 2.42 bits per heavy atom. The fourth-order valence-electron chi connectivity index (χ4n) is 4.47. The fraction of sp³-hybridized carbons (Fsp3) is 0.500. The summed E-state index contributed by atoms with van der Waals surface area (Å²) in [6, 6.07) is 4.26. The second-order valence-corrected chi connectivity index (χ2v) is 7.67. The van der Waals surface area contributed by atoms with Crippen LogP contribution in [0.4, 0.5) is 18.9 Å². The molecule has 1 aromatic rings. The molecule has 2 saturated carbocycles. The van der Waals surface area contributed by atoms with E-state index in [2.05, 4.69) is 10.5 Å². The van der Waals surface area contributed by atoms with Crippen LogP contribution < -0.4 is 5.32 Å². The number of anilines is 1. The molecule has 0 aliphatic heterocycles. The second kappa shape index (κ2) is 5.31. The molecule has 0 heterocycles. The number of alkyl halides is 3. The minimum atomic E-state index is -4.54. The molecule has 0 aromatic heterocycles. The van der Waals surface area contributed by atoms with E-state index in [0.717, 1.165) is 12.1 Å². The number of nitrogens with one attached hydrogen (secondary N) is 1. The summed E-state index contributed by atoms with van der Waals surface area (Å²) >= 11 is 0. The molecule has 2 aliphatic carbocycles. The molecule has 3 rings (SSSR count). The Balaban J connectivity index is 2.00. The average molecular weight is 368 g/mol. The number of hydrogen-bond acceptors (Lipinski definition) is 4. The van der Waals surface area contributed by atoms with Gasteiger partial charge < -0.3 is 10.5 Å². The van der Waals surface area contributed by atoms with E-state index in [9.17, 15) is 28.0 Å². The van der Waals surface area contributed by atoms with Crippen LogP contribution in [-0.4, -0.2) is 22.6 Å². The largest absolute Gasteiger partial charge is 0.416 e. The molecule has 26 heavy (non-hydrogen) atoms. The van der Waals surface area contributed by atoms with Gasteiger partial charge in [0.05, 0.1) is 5.56 Å². The summed E-state index contributed by atoms with van der Waals surface area (Å²) in [5.41, 5.74) is -4.07. The van der Waals surface area contributed by atoms with Crippen LogP contribution in [0.2, 0.25) is 0 Å². The van der Waals surface area contributed by atoms with Crippen molar-refractivity contribution in [2.24, 2.45) is 21.4 Å². The molecular weight excluding hydrogens is 349 g/mol. The molecule has 0 spiro atoms. The predicted octanol–water partition coefficient (Wildman–Crippen LogP) is 3.87. The predicted molar refractivity (Wildman–Crippen MR) is 87.9 cm³/mol. The summed E-state index contributed by atoms with van der Waals surface area (Å²) in [4.78, 5) is 25.9. The lowest BCUT2D eigenvalue weighted by atomic mass is 9.64. The van der Waals surface area contributed by atoms with Crippen LogP contribution in [0.25, 0.3) is 0 Å². The summed E-state index contributed by atoms with van der Waals surface area (Å²) in [5.74, 6) is -1.24. The van der Waals surface area contributed by atoms with E-state index in [4.69, 9.17) is 0 Å². The number of hydrogen-bond donors (Lipinski definition) is 2. The molecule has 2 unspecified atom stereocenters. The quantitative estimate of drug-likeness (QED) is 0.473. The van der Waals surface area contributed by atoms with E-state index < -0.39 is 39.7 Å². The van der Waals surface area contributed by atoms with Crippen molar-refractivity contribution in [2.45, 2.75) is 39.8 Å². The smallest absolute Gasteiger partial charge is 0.411 e. The van der Waals surface area contributed by atoms with Gasteiger partial charge in [-0.3, -0.25) is 9.59 Å². The average Bonchev–Trinajstić information content (AvgIpc) is 2.82. The lowest BCUT2D eigenvalue weighted by molar-refractivity contribution is -0.140. The van der Waals surface area contributed by atoms with E-state index in [1.807, 2.05) is 0 Å². The number of fused-ring (bicyclic) bond motifs is 2. The number of ketones is 1. The Morgan fingerprint density at radius 1 is 1.23 bits per heavy atom. The van der Waals surface area contributed by atoms with Crippen molar-refractivity contribution in [3.05, 3.63) is 29.8 Å². The van der Waals surface area contributed by atoms with Crippen molar-refractivity contribution < 1.29 is 28.0 Å². The number of benzene rings is 1. The van der Waals surface area contributed by atoms with Gasteiger partial charge in [0.1, 0.15) is 11.1 Å². The second-order valence-electron chi connectivity index (χ2n) is 7.67. The van der Waals surface area contributed by atoms with E-state index in [-0.39, 0.29) is 17.8 Å². The van der Waals surface area contributed by atoms with Gasteiger partial charge in [-0.2, -0.15) is 13.2 Å². The van der Waals surface area contributed by atoms with Gasteiger partial charge in [-0.25, -0.2) is 0 Å². The van der Waals surface area contributed by atoms with Gasteiger partial charge in [0.15, 0.2) is 5.78 Å². The van der Waals surface area contributed by atoms with Crippen LogP contribution in [0.15, 0.2) is 29.4 Å². The van der Waals surface area contributed by atoms with E-state index in [0.29, 0.717) is 6.42 Å². The van der Waals surface area contributed by atoms with Crippen molar-refractivity contribution in [1.29, 1.82) is 0 Å². The van der Waals surface area contributed by atoms with Crippen molar-refractivity contribution in [2.75, 3.05) is 5.32 Å². The zero-order valence-electron chi connectivity index (χ0n) is 14.6. The van der Waals surface area contributed by atoms with Gasteiger partial charge in [-0.1, -0.05) is 32.0 Å². The van der Waals surface area contributed by atoms with Crippen LogP contribution in [0.3, 0.4) is 0 Å². The third kappa shape index (κ3) is 2.07. The molecule has 0 radical (unpaired) electrons. The zero-order valence-corrected chi connectivity index (χ0v) is 14.6. The van der Waals surface area contributed by atoms with Gasteiger partial charge in [0.2, 0.25) is 5.91 Å². The third-order valence-electron chi connectivity index (χ3n) is 6.51. The highest BCUT2D eigenvalue weighted by molar-refractivity contribution is 6.51. The molecule has 1 amide bonds. The molecule has 2 bridgehead atoms. The van der Waals surface area contributed by atoms with Crippen molar-refractivity contribution >= 4 is 23.1 Å². The maximum Gasteiger partial charge on any atom is 0.416 e. The van der Waals surface area contributed by atoms with Gasteiger partial charge in [0.25, 0.3) is 0 Å². The Hall–Kier alpha value is -2.38. The first-order valence-corrected chi connectivity index (χ1v) is 8.18. The molecule has 2 fully saturated rings. The van der Waals surface area contributed by atoms with Crippen LogP contribution in [-0.2, 0) is 15.8 Å². The first-order chi connectivity index (χ1) is 11.9. The van der Waals surface area contributed by atoms with Gasteiger partial charge >= 0.3 is 6.18 Å². The molecular formula is C18H19F3N2O3. The Kier molecular flexibility index (Phi) is 3.76. The van der Waals surface area contributed by atoms with Gasteiger partial charge in [-0.15, -0.1) is 0 Å². The number of carbonyl (C=O) groups excluding carboxylic acids is 2.